The van der Waals surface area contributed by atoms with Crippen LogP contribution < -0.4 is 10.1 Å². The lowest BCUT2D eigenvalue weighted by atomic mass is 10.1. The molecule has 0 aliphatic carbocycles. The van der Waals surface area contributed by atoms with Crippen molar-refractivity contribution in [3.05, 3.63) is 59.2 Å². The largest absolute Gasteiger partial charge is 0.433 e. The van der Waals surface area contributed by atoms with Gasteiger partial charge in [-0.25, -0.2) is 0 Å². The molecule has 112 valence electrons. The zero-order valence-electron chi connectivity index (χ0n) is 11.6. The molecule has 0 spiro atoms. The third-order valence-electron chi connectivity index (χ3n) is 3.13. The Morgan fingerprint density at radius 2 is 1.76 bits per heavy atom. The molecule has 0 aromatic heterocycles. The first-order valence-corrected chi connectivity index (χ1v) is 6.57. The van der Waals surface area contributed by atoms with Crippen LogP contribution in [0.2, 0.25) is 0 Å². The highest BCUT2D eigenvalue weighted by Crippen LogP contribution is 2.29. The van der Waals surface area contributed by atoms with E-state index in [9.17, 15) is 8.78 Å². The van der Waals surface area contributed by atoms with Crippen LogP contribution in [0.4, 0.5) is 14.5 Å². The molecule has 0 unspecified atom stereocenters. The molecule has 0 amide bonds. The number of aryl methyl sites for hydroxylation is 1. The second-order valence-corrected chi connectivity index (χ2v) is 4.65. The van der Waals surface area contributed by atoms with Gasteiger partial charge in [0.1, 0.15) is 5.75 Å². The summed E-state index contributed by atoms with van der Waals surface area (Å²) in [6.07, 6.45) is 0. The number of para-hydroxylation sites is 1. The summed E-state index contributed by atoms with van der Waals surface area (Å²) >= 11 is 0. The number of benzene rings is 2. The first kappa shape index (κ1) is 15.3. The van der Waals surface area contributed by atoms with Crippen molar-refractivity contribution in [2.24, 2.45) is 0 Å². The molecule has 0 aliphatic heterocycles. The Kier molecular flexibility index (Phi) is 5.11. The monoisotopic (exact) mass is 293 g/mol. The Balaban J connectivity index is 2.11. The second-order valence-electron chi connectivity index (χ2n) is 4.65. The summed E-state index contributed by atoms with van der Waals surface area (Å²) in [5, 5.41) is 12.1. The Morgan fingerprint density at radius 1 is 1.10 bits per heavy atom. The number of alkyl halides is 2. The van der Waals surface area contributed by atoms with Gasteiger partial charge in [-0.1, -0.05) is 36.4 Å². The fourth-order valence-corrected chi connectivity index (χ4v) is 2.01. The van der Waals surface area contributed by atoms with E-state index in [4.69, 9.17) is 5.11 Å². The summed E-state index contributed by atoms with van der Waals surface area (Å²) in [6, 6.07) is 12.4. The molecular formula is C16H17F2NO2. The van der Waals surface area contributed by atoms with Crippen LogP contribution in [-0.2, 0) is 13.2 Å². The summed E-state index contributed by atoms with van der Waals surface area (Å²) in [4.78, 5) is 0. The number of nitrogens with one attached hydrogen (secondary N) is 1. The maximum atomic E-state index is 12.4. The average Bonchev–Trinajstić information content (AvgIpc) is 2.46. The van der Waals surface area contributed by atoms with Gasteiger partial charge in [-0.05, 0) is 29.7 Å². The zero-order chi connectivity index (χ0) is 15.2. The molecule has 2 aromatic carbocycles. The number of hydrogen-bond donors (Lipinski definition) is 2. The predicted molar refractivity (Wildman–Crippen MR) is 77.5 cm³/mol. The van der Waals surface area contributed by atoms with E-state index in [1.54, 1.807) is 6.07 Å². The van der Waals surface area contributed by atoms with Crippen LogP contribution in [0, 0.1) is 6.92 Å². The van der Waals surface area contributed by atoms with E-state index in [2.05, 4.69) is 10.1 Å². The van der Waals surface area contributed by atoms with Gasteiger partial charge in [0.2, 0.25) is 0 Å². The van der Waals surface area contributed by atoms with E-state index < -0.39 is 6.61 Å². The highest BCUT2D eigenvalue weighted by atomic mass is 19.3. The van der Waals surface area contributed by atoms with Crippen LogP contribution >= 0.6 is 0 Å². The Labute approximate surface area is 122 Å². The van der Waals surface area contributed by atoms with E-state index in [0.717, 1.165) is 16.7 Å². The third-order valence-corrected chi connectivity index (χ3v) is 3.13. The molecule has 5 heteroatoms. The van der Waals surface area contributed by atoms with Crippen molar-refractivity contribution in [1.29, 1.82) is 0 Å². The summed E-state index contributed by atoms with van der Waals surface area (Å²) in [7, 11) is 0. The minimum atomic E-state index is -2.85. The Hall–Kier alpha value is -2.14. The smallest absolute Gasteiger partial charge is 0.387 e. The van der Waals surface area contributed by atoms with Crippen molar-refractivity contribution < 1.29 is 18.6 Å². The lowest BCUT2D eigenvalue weighted by Gasteiger charge is -2.15. The van der Waals surface area contributed by atoms with E-state index >= 15 is 0 Å². The SMILES string of the molecule is Cc1cccc(OC(F)F)c1NCc1ccc(CO)cc1. The molecule has 0 atom stereocenters. The number of ether oxygens (including phenoxy) is 1. The van der Waals surface area contributed by atoms with Gasteiger partial charge in [0, 0.05) is 6.54 Å². The first-order valence-electron chi connectivity index (χ1n) is 6.57. The van der Waals surface area contributed by atoms with Crippen molar-refractivity contribution in [2.45, 2.75) is 26.7 Å². The number of aliphatic hydroxyl groups excluding tert-OH is 1. The van der Waals surface area contributed by atoms with Crippen LogP contribution in [0.15, 0.2) is 42.5 Å². The van der Waals surface area contributed by atoms with Crippen molar-refractivity contribution in [3.63, 3.8) is 0 Å². The summed E-state index contributed by atoms with van der Waals surface area (Å²) in [6.45, 7) is -0.542. The van der Waals surface area contributed by atoms with E-state index in [-0.39, 0.29) is 12.4 Å². The van der Waals surface area contributed by atoms with Crippen LogP contribution in [0.1, 0.15) is 16.7 Å². The molecule has 0 heterocycles. The molecule has 2 aromatic rings. The summed E-state index contributed by atoms with van der Waals surface area (Å²) in [5.41, 5.74) is 3.21. The number of aliphatic hydroxyl groups is 1. The number of rotatable bonds is 6. The minimum Gasteiger partial charge on any atom is -0.433 e. The molecule has 0 fully saturated rings. The lowest BCUT2D eigenvalue weighted by Crippen LogP contribution is -2.07. The summed E-state index contributed by atoms with van der Waals surface area (Å²) < 4.78 is 29.3. The van der Waals surface area contributed by atoms with Crippen LogP contribution in [0.5, 0.6) is 5.75 Å². The Morgan fingerprint density at radius 3 is 2.38 bits per heavy atom. The molecule has 2 rings (SSSR count). The van der Waals surface area contributed by atoms with Gasteiger partial charge in [0.25, 0.3) is 0 Å². The predicted octanol–water partition coefficient (Wildman–Crippen LogP) is 3.70. The van der Waals surface area contributed by atoms with Gasteiger partial charge >= 0.3 is 6.61 Å². The van der Waals surface area contributed by atoms with Crippen LogP contribution in [0.25, 0.3) is 0 Å². The van der Waals surface area contributed by atoms with Gasteiger partial charge in [-0.2, -0.15) is 8.78 Å². The fourth-order valence-electron chi connectivity index (χ4n) is 2.01. The molecule has 0 radical (unpaired) electrons. The molecule has 0 aliphatic rings. The topological polar surface area (TPSA) is 41.5 Å². The van der Waals surface area contributed by atoms with Crippen LogP contribution in [-0.4, -0.2) is 11.7 Å². The quantitative estimate of drug-likeness (QED) is 0.853. The van der Waals surface area contributed by atoms with Crippen LogP contribution in [0.3, 0.4) is 0 Å². The van der Waals surface area contributed by atoms with Crippen molar-refractivity contribution in [2.75, 3.05) is 5.32 Å². The van der Waals surface area contributed by atoms with E-state index in [1.807, 2.05) is 37.3 Å². The highest BCUT2D eigenvalue weighted by Gasteiger charge is 2.11. The maximum Gasteiger partial charge on any atom is 0.387 e. The molecule has 21 heavy (non-hydrogen) atoms. The molecule has 0 saturated carbocycles. The third kappa shape index (κ3) is 4.16. The number of anilines is 1. The normalized spacial score (nSPS) is 10.7. The molecular weight excluding hydrogens is 276 g/mol. The molecule has 0 saturated heterocycles. The van der Waals surface area contributed by atoms with Gasteiger partial charge in [-0.15, -0.1) is 0 Å². The van der Waals surface area contributed by atoms with E-state index in [1.165, 1.54) is 6.07 Å². The lowest BCUT2D eigenvalue weighted by molar-refractivity contribution is -0.0493. The fraction of sp³-hybridized carbons (Fsp3) is 0.250. The molecule has 0 bridgehead atoms. The van der Waals surface area contributed by atoms with Crippen molar-refractivity contribution in [1.82, 2.24) is 0 Å². The highest BCUT2D eigenvalue weighted by molar-refractivity contribution is 5.61. The molecule has 3 nitrogen and oxygen atoms in total. The van der Waals surface area contributed by atoms with Gasteiger partial charge < -0.3 is 15.2 Å². The van der Waals surface area contributed by atoms with Gasteiger partial charge in [0.15, 0.2) is 0 Å². The maximum absolute atomic E-state index is 12.4. The standard InChI is InChI=1S/C16H17F2NO2/c1-11-3-2-4-14(21-16(17)18)15(11)19-9-12-5-7-13(10-20)8-6-12/h2-8,16,19-20H,9-10H2,1H3. The van der Waals surface area contributed by atoms with Gasteiger partial charge in [-0.3, -0.25) is 0 Å². The van der Waals surface area contributed by atoms with Gasteiger partial charge in [0.05, 0.1) is 12.3 Å². The number of hydrogen-bond acceptors (Lipinski definition) is 3. The van der Waals surface area contributed by atoms with E-state index in [0.29, 0.717) is 12.2 Å². The number of halogens is 2. The Bertz CT molecular complexity index is 585. The zero-order valence-corrected chi connectivity index (χ0v) is 11.6. The first-order chi connectivity index (χ1) is 10.1. The second kappa shape index (κ2) is 7.04. The molecule has 2 N–H and O–H groups in total. The minimum absolute atomic E-state index is 0.00210. The van der Waals surface area contributed by atoms with Crippen molar-refractivity contribution >= 4 is 5.69 Å². The average molecular weight is 293 g/mol. The van der Waals surface area contributed by atoms with Crippen molar-refractivity contribution in [3.8, 4) is 5.75 Å². The summed E-state index contributed by atoms with van der Waals surface area (Å²) in [5.74, 6) is 0.136.